The van der Waals surface area contributed by atoms with Crippen LogP contribution < -0.4 is 15.4 Å². The largest absolute Gasteiger partial charge is 0.495 e. The number of anilines is 4. The highest BCUT2D eigenvalue weighted by atomic mass is 79.9. The fourth-order valence-electron chi connectivity index (χ4n) is 2.35. The molecule has 0 fully saturated rings. The van der Waals surface area contributed by atoms with Crippen LogP contribution in [0.3, 0.4) is 0 Å². The molecule has 9 nitrogen and oxygen atoms in total. The van der Waals surface area contributed by atoms with Gasteiger partial charge < -0.3 is 15.4 Å². The van der Waals surface area contributed by atoms with Gasteiger partial charge in [0.25, 0.3) is 0 Å². The van der Waals surface area contributed by atoms with E-state index in [2.05, 4.69) is 41.5 Å². The molecule has 0 aliphatic carbocycles. The first-order chi connectivity index (χ1) is 13.0. The zero-order chi connectivity index (χ0) is 19.4. The lowest BCUT2D eigenvalue weighted by atomic mass is 10.2. The topological polar surface area (TPSA) is 115 Å². The van der Waals surface area contributed by atoms with E-state index in [-0.39, 0.29) is 17.3 Å². The highest BCUT2D eigenvalue weighted by Crippen LogP contribution is 2.35. The Morgan fingerprint density at radius 2 is 1.85 bits per heavy atom. The Labute approximate surface area is 163 Å². The minimum Gasteiger partial charge on any atom is -0.495 e. The van der Waals surface area contributed by atoms with E-state index in [0.717, 1.165) is 10.0 Å². The summed E-state index contributed by atoms with van der Waals surface area (Å²) in [6, 6.07) is 8.90. The van der Waals surface area contributed by atoms with E-state index in [1.54, 1.807) is 24.4 Å². The van der Waals surface area contributed by atoms with Crippen LogP contribution in [0.1, 0.15) is 5.56 Å². The Kier molecular flexibility index (Phi) is 5.46. The minimum atomic E-state index is -0.550. The first kappa shape index (κ1) is 18.5. The number of nitro groups is 1. The summed E-state index contributed by atoms with van der Waals surface area (Å²) in [5.74, 6) is 1.02. The zero-order valence-electron chi connectivity index (χ0n) is 14.4. The monoisotopic (exact) mass is 430 g/mol. The van der Waals surface area contributed by atoms with Gasteiger partial charge in [0.1, 0.15) is 17.9 Å². The number of benzene rings is 1. The molecule has 2 aromatic heterocycles. The second-order valence-corrected chi connectivity index (χ2v) is 6.41. The van der Waals surface area contributed by atoms with Crippen LogP contribution in [0.4, 0.5) is 28.8 Å². The molecule has 0 saturated heterocycles. The number of hydrogen-bond donors (Lipinski definition) is 2. The second-order valence-electron chi connectivity index (χ2n) is 5.49. The average Bonchev–Trinajstić information content (AvgIpc) is 2.64. The van der Waals surface area contributed by atoms with Gasteiger partial charge in [-0.2, -0.15) is 0 Å². The summed E-state index contributed by atoms with van der Waals surface area (Å²) in [4.78, 5) is 23.3. The van der Waals surface area contributed by atoms with E-state index in [9.17, 15) is 10.1 Å². The predicted octanol–water partition coefficient (Wildman–Crippen LogP) is 4.35. The quantitative estimate of drug-likeness (QED) is 0.437. The predicted molar refractivity (Wildman–Crippen MR) is 105 cm³/mol. The smallest absolute Gasteiger partial charge is 0.353 e. The molecule has 0 unspecified atom stereocenters. The number of halogens is 1. The number of methoxy groups -OCH3 is 1. The van der Waals surface area contributed by atoms with Gasteiger partial charge in [-0.15, -0.1) is 0 Å². The molecule has 2 N–H and O–H groups in total. The third-order valence-electron chi connectivity index (χ3n) is 3.59. The molecule has 10 heteroatoms. The van der Waals surface area contributed by atoms with Gasteiger partial charge in [-0.25, -0.2) is 15.0 Å². The van der Waals surface area contributed by atoms with E-state index in [4.69, 9.17) is 4.74 Å². The van der Waals surface area contributed by atoms with Crippen LogP contribution in [0, 0.1) is 17.0 Å². The number of ether oxygens (including phenoxy) is 1. The summed E-state index contributed by atoms with van der Waals surface area (Å²) in [5.41, 5.74) is 1.23. The van der Waals surface area contributed by atoms with E-state index >= 15 is 0 Å². The summed E-state index contributed by atoms with van der Waals surface area (Å²) in [6.07, 6.45) is 2.81. The van der Waals surface area contributed by atoms with Gasteiger partial charge in [0.15, 0.2) is 0 Å². The SMILES string of the molecule is COc1ccc(C)cc1Nc1ncnc(Nc2ccc(Br)cn2)c1[N+](=O)[O-]. The fourth-order valence-corrected chi connectivity index (χ4v) is 2.59. The molecule has 0 aliphatic rings. The third-order valence-corrected chi connectivity index (χ3v) is 4.06. The Hall–Kier alpha value is -3.27. The van der Waals surface area contributed by atoms with Gasteiger partial charge >= 0.3 is 5.69 Å². The molecule has 3 rings (SSSR count). The summed E-state index contributed by atoms with van der Waals surface area (Å²) in [7, 11) is 1.52. The molecule has 0 spiro atoms. The number of nitrogens with one attached hydrogen (secondary N) is 2. The lowest BCUT2D eigenvalue weighted by Gasteiger charge is -2.13. The van der Waals surface area contributed by atoms with E-state index in [1.165, 1.54) is 13.4 Å². The van der Waals surface area contributed by atoms with Gasteiger partial charge in [0.05, 0.1) is 17.7 Å². The molecular formula is C17H15BrN6O3. The number of rotatable bonds is 6. The van der Waals surface area contributed by atoms with Crippen molar-refractivity contribution in [2.75, 3.05) is 17.7 Å². The Morgan fingerprint density at radius 1 is 1.11 bits per heavy atom. The van der Waals surface area contributed by atoms with Crippen LogP contribution >= 0.6 is 15.9 Å². The van der Waals surface area contributed by atoms with Crippen LogP contribution in [0.2, 0.25) is 0 Å². The normalized spacial score (nSPS) is 10.3. The maximum atomic E-state index is 11.7. The first-order valence-electron chi connectivity index (χ1n) is 7.77. The second kappa shape index (κ2) is 7.96. The number of aryl methyl sites for hydroxylation is 1. The van der Waals surface area contributed by atoms with Crippen LogP contribution in [0.25, 0.3) is 0 Å². The molecule has 138 valence electrons. The molecule has 0 radical (unpaired) electrons. The molecule has 0 amide bonds. The van der Waals surface area contributed by atoms with Crippen molar-refractivity contribution in [3.8, 4) is 5.75 Å². The Bertz CT molecular complexity index is 981. The van der Waals surface area contributed by atoms with E-state index < -0.39 is 4.92 Å². The van der Waals surface area contributed by atoms with Crippen molar-refractivity contribution in [1.29, 1.82) is 0 Å². The van der Waals surface area contributed by atoms with Crippen LogP contribution in [0.15, 0.2) is 47.3 Å². The fraction of sp³-hybridized carbons (Fsp3) is 0.118. The summed E-state index contributed by atoms with van der Waals surface area (Å²) in [6.45, 7) is 1.91. The van der Waals surface area contributed by atoms with E-state index in [0.29, 0.717) is 17.3 Å². The number of pyridine rings is 1. The number of hydrogen-bond acceptors (Lipinski definition) is 8. The molecule has 27 heavy (non-hydrogen) atoms. The van der Waals surface area contributed by atoms with Gasteiger partial charge in [-0.05, 0) is 52.7 Å². The van der Waals surface area contributed by atoms with Crippen molar-refractivity contribution >= 4 is 44.8 Å². The lowest BCUT2D eigenvalue weighted by molar-refractivity contribution is -0.383. The molecule has 2 heterocycles. The number of aromatic nitrogens is 3. The minimum absolute atomic E-state index is 0.0268. The maximum absolute atomic E-state index is 11.7. The molecule has 0 atom stereocenters. The molecular weight excluding hydrogens is 416 g/mol. The lowest BCUT2D eigenvalue weighted by Crippen LogP contribution is -2.06. The van der Waals surface area contributed by atoms with Crippen LogP contribution in [0.5, 0.6) is 5.75 Å². The highest BCUT2D eigenvalue weighted by Gasteiger charge is 2.24. The summed E-state index contributed by atoms with van der Waals surface area (Å²) < 4.78 is 6.10. The van der Waals surface area contributed by atoms with Crippen molar-refractivity contribution in [3.63, 3.8) is 0 Å². The maximum Gasteiger partial charge on any atom is 0.353 e. The van der Waals surface area contributed by atoms with Crippen molar-refractivity contribution in [1.82, 2.24) is 15.0 Å². The number of nitrogens with zero attached hydrogens (tertiary/aromatic N) is 4. The Morgan fingerprint density at radius 3 is 2.48 bits per heavy atom. The zero-order valence-corrected chi connectivity index (χ0v) is 16.0. The summed E-state index contributed by atoms with van der Waals surface area (Å²) in [5, 5.41) is 17.5. The van der Waals surface area contributed by atoms with Crippen molar-refractivity contribution < 1.29 is 9.66 Å². The highest BCUT2D eigenvalue weighted by molar-refractivity contribution is 9.10. The molecule has 0 bridgehead atoms. The molecule has 0 aliphatic heterocycles. The van der Waals surface area contributed by atoms with Gasteiger partial charge in [-0.3, -0.25) is 10.1 Å². The summed E-state index contributed by atoms with van der Waals surface area (Å²) >= 11 is 3.29. The van der Waals surface area contributed by atoms with Crippen molar-refractivity contribution in [2.45, 2.75) is 6.92 Å². The third kappa shape index (κ3) is 4.29. The first-order valence-corrected chi connectivity index (χ1v) is 8.57. The van der Waals surface area contributed by atoms with Crippen molar-refractivity contribution in [2.24, 2.45) is 0 Å². The standard InChI is InChI=1S/C17H15BrN6O3/c1-10-3-5-13(27-2)12(7-10)22-16-15(24(25)26)17(21-9-20-16)23-14-6-4-11(18)8-19-14/h3-9H,1-2H3,(H2,19,20,21,22,23). The molecule has 3 aromatic rings. The molecule has 0 saturated carbocycles. The van der Waals surface area contributed by atoms with Gasteiger partial charge in [0, 0.05) is 10.7 Å². The van der Waals surface area contributed by atoms with E-state index in [1.807, 2.05) is 19.1 Å². The van der Waals surface area contributed by atoms with Gasteiger partial charge in [-0.1, -0.05) is 6.07 Å². The van der Waals surface area contributed by atoms with Gasteiger partial charge in [0.2, 0.25) is 11.6 Å². The Balaban J connectivity index is 2.00. The molecule has 1 aromatic carbocycles. The van der Waals surface area contributed by atoms with Crippen molar-refractivity contribution in [3.05, 3.63) is 63.0 Å². The van der Waals surface area contributed by atoms with Crippen LogP contribution in [-0.4, -0.2) is 27.0 Å². The van der Waals surface area contributed by atoms with Crippen LogP contribution in [-0.2, 0) is 0 Å². The average molecular weight is 431 g/mol.